The van der Waals surface area contributed by atoms with Gasteiger partial charge in [-0.2, -0.15) is 0 Å². The quantitative estimate of drug-likeness (QED) is 0.671. The first kappa shape index (κ1) is 19.2. The molecule has 0 bridgehead atoms. The molecule has 28 heavy (non-hydrogen) atoms. The number of rotatable bonds is 6. The third-order valence-corrected chi connectivity index (χ3v) is 4.17. The molecule has 144 valence electrons. The number of methoxy groups -OCH3 is 2. The molecule has 7 heteroatoms. The second-order valence-corrected chi connectivity index (χ2v) is 6.23. The number of benzene rings is 2. The van der Waals surface area contributed by atoms with Crippen LogP contribution in [0.15, 0.2) is 48.7 Å². The van der Waals surface area contributed by atoms with Crippen LogP contribution >= 0.6 is 0 Å². The highest BCUT2D eigenvalue weighted by Gasteiger charge is 2.12. The number of nitrogens with one attached hydrogen (secondary N) is 2. The Bertz CT molecular complexity index is 1000. The molecule has 0 fully saturated rings. The van der Waals surface area contributed by atoms with Gasteiger partial charge in [-0.1, -0.05) is 12.1 Å². The number of hydrogen-bond donors (Lipinski definition) is 2. The summed E-state index contributed by atoms with van der Waals surface area (Å²) in [5, 5.41) is 5.97. The van der Waals surface area contributed by atoms with Crippen molar-refractivity contribution in [3.05, 3.63) is 65.5 Å². The van der Waals surface area contributed by atoms with Gasteiger partial charge in [-0.05, 0) is 49.2 Å². The molecule has 1 heterocycles. The van der Waals surface area contributed by atoms with Crippen LogP contribution in [0, 0.1) is 13.8 Å². The zero-order chi connectivity index (χ0) is 20.1. The van der Waals surface area contributed by atoms with Crippen molar-refractivity contribution in [1.82, 2.24) is 9.97 Å². The summed E-state index contributed by atoms with van der Waals surface area (Å²) in [6.45, 7) is 3.92. The standard InChI is InChI=1S/C21H22N4O3/c1-13-5-6-14(2)17(11-13)24-20(26)16-9-10-22-21(25-16)23-15-7-8-18(27-3)19(12-15)28-4/h5-12H,1-4H3,(H,24,26)(H,22,23,25). The second-order valence-electron chi connectivity index (χ2n) is 6.23. The molecular formula is C21H22N4O3. The lowest BCUT2D eigenvalue weighted by Gasteiger charge is -2.11. The highest BCUT2D eigenvalue weighted by atomic mass is 16.5. The molecule has 0 spiro atoms. The molecule has 7 nitrogen and oxygen atoms in total. The minimum atomic E-state index is -0.300. The van der Waals surface area contributed by atoms with Crippen molar-refractivity contribution in [2.45, 2.75) is 13.8 Å². The van der Waals surface area contributed by atoms with Crippen LogP contribution < -0.4 is 20.1 Å². The molecule has 0 atom stereocenters. The highest BCUT2D eigenvalue weighted by molar-refractivity contribution is 6.03. The minimum Gasteiger partial charge on any atom is -0.493 e. The fourth-order valence-corrected chi connectivity index (χ4v) is 2.65. The minimum absolute atomic E-state index is 0.263. The van der Waals surface area contributed by atoms with Crippen LogP contribution in [-0.2, 0) is 0 Å². The van der Waals surface area contributed by atoms with E-state index in [4.69, 9.17) is 9.47 Å². The van der Waals surface area contributed by atoms with E-state index in [2.05, 4.69) is 20.6 Å². The van der Waals surface area contributed by atoms with Gasteiger partial charge in [0.25, 0.3) is 5.91 Å². The maximum atomic E-state index is 12.6. The van der Waals surface area contributed by atoms with Crippen molar-refractivity contribution in [2.75, 3.05) is 24.9 Å². The molecule has 3 aromatic rings. The molecule has 0 radical (unpaired) electrons. The van der Waals surface area contributed by atoms with Gasteiger partial charge in [0.1, 0.15) is 5.69 Å². The lowest BCUT2D eigenvalue weighted by molar-refractivity contribution is 0.102. The van der Waals surface area contributed by atoms with Gasteiger partial charge < -0.3 is 20.1 Å². The van der Waals surface area contributed by atoms with Gasteiger partial charge in [0.15, 0.2) is 11.5 Å². The Morgan fingerprint density at radius 3 is 2.50 bits per heavy atom. The lowest BCUT2D eigenvalue weighted by atomic mass is 10.1. The summed E-state index contributed by atoms with van der Waals surface area (Å²) >= 11 is 0. The van der Waals surface area contributed by atoms with Gasteiger partial charge in [0.05, 0.1) is 14.2 Å². The fourth-order valence-electron chi connectivity index (χ4n) is 2.65. The number of aromatic nitrogens is 2. The summed E-state index contributed by atoms with van der Waals surface area (Å²) in [5.74, 6) is 1.21. The Hall–Kier alpha value is -3.61. The first-order chi connectivity index (χ1) is 13.5. The van der Waals surface area contributed by atoms with Crippen molar-refractivity contribution in [1.29, 1.82) is 0 Å². The van der Waals surface area contributed by atoms with Gasteiger partial charge in [-0.3, -0.25) is 4.79 Å². The molecule has 0 unspecified atom stereocenters. The Morgan fingerprint density at radius 1 is 0.964 bits per heavy atom. The van der Waals surface area contributed by atoms with Gasteiger partial charge in [-0.25, -0.2) is 9.97 Å². The van der Waals surface area contributed by atoms with Gasteiger partial charge in [0, 0.05) is 23.6 Å². The van der Waals surface area contributed by atoms with Gasteiger partial charge in [0.2, 0.25) is 5.95 Å². The smallest absolute Gasteiger partial charge is 0.274 e. The molecule has 3 rings (SSSR count). The number of carbonyl (C=O) groups is 1. The van der Waals surface area contributed by atoms with Crippen molar-refractivity contribution in [3.63, 3.8) is 0 Å². The molecule has 1 amide bonds. The predicted octanol–water partition coefficient (Wildman–Crippen LogP) is 4.11. The zero-order valence-corrected chi connectivity index (χ0v) is 16.2. The van der Waals surface area contributed by atoms with E-state index in [1.165, 1.54) is 6.20 Å². The normalized spacial score (nSPS) is 10.3. The highest BCUT2D eigenvalue weighted by Crippen LogP contribution is 2.30. The molecule has 0 aliphatic carbocycles. The summed E-state index contributed by atoms with van der Waals surface area (Å²) in [7, 11) is 3.14. The fraction of sp³-hybridized carbons (Fsp3) is 0.190. The van der Waals surface area contributed by atoms with E-state index in [9.17, 15) is 4.79 Å². The number of hydrogen-bond acceptors (Lipinski definition) is 6. The summed E-state index contributed by atoms with van der Waals surface area (Å²) in [6.07, 6.45) is 1.54. The van der Waals surface area contributed by atoms with Crippen LogP contribution in [0.3, 0.4) is 0 Å². The number of aryl methyl sites for hydroxylation is 2. The number of ether oxygens (including phenoxy) is 2. The predicted molar refractivity (Wildman–Crippen MR) is 109 cm³/mol. The van der Waals surface area contributed by atoms with E-state index in [0.29, 0.717) is 23.1 Å². The van der Waals surface area contributed by atoms with Crippen molar-refractivity contribution < 1.29 is 14.3 Å². The van der Waals surface area contributed by atoms with E-state index >= 15 is 0 Å². The number of carbonyl (C=O) groups excluding carboxylic acids is 1. The summed E-state index contributed by atoms with van der Waals surface area (Å²) in [6, 6.07) is 12.8. The summed E-state index contributed by atoms with van der Waals surface area (Å²) in [4.78, 5) is 21.1. The molecule has 1 aromatic heterocycles. The van der Waals surface area contributed by atoms with Crippen LogP contribution in [0.2, 0.25) is 0 Å². The van der Waals surface area contributed by atoms with Gasteiger partial charge in [-0.15, -0.1) is 0 Å². The molecule has 2 aromatic carbocycles. The monoisotopic (exact) mass is 378 g/mol. The molecule has 0 saturated heterocycles. The summed E-state index contributed by atoms with van der Waals surface area (Å²) in [5.41, 5.74) is 3.79. The second kappa shape index (κ2) is 8.39. The Kier molecular flexibility index (Phi) is 5.74. The van der Waals surface area contributed by atoms with Crippen LogP contribution in [0.1, 0.15) is 21.6 Å². The Morgan fingerprint density at radius 2 is 1.75 bits per heavy atom. The topological polar surface area (TPSA) is 85.4 Å². The first-order valence-electron chi connectivity index (χ1n) is 8.71. The van der Waals surface area contributed by atoms with Crippen LogP contribution in [0.5, 0.6) is 11.5 Å². The molecule has 2 N–H and O–H groups in total. The number of anilines is 3. The van der Waals surface area contributed by atoms with Crippen molar-refractivity contribution >= 4 is 23.2 Å². The van der Waals surface area contributed by atoms with Crippen LogP contribution in [0.25, 0.3) is 0 Å². The molecule has 0 saturated carbocycles. The molecular weight excluding hydrogens is 356 g/mol. The van der Waals surface area contributed by atoms with E-state index in [1.54, 1.807) is 32.4 Å². The van der Waals surface area contributed by atoms with E-state index < -0.39 is 0 Å². The SMILES string of the molecule is COc1ccc(Nc2nccc(C(=O)Nc3cc(C)ccc3C)n2)cc1OC. The average molecular weight is 378 g/mol. The maximum absolute atomic E-state index is 12.6. The Labute approximate surface area is 163 Å². The third kappa shape index (κ3) is 4.37. The van der Waals surface area contributed by atoms with Crippen molar-refractivity contribution in [2.24, 2.45) is 0 Å². The molecule has 0 aliphatic rings. The van der Waals surface area contributed by atoms with E-state index in [0.717, 1.165) is 16.8 Å². The Balaban J connectivity index is 1.78. The van der Waals surface area contributed by atoms with Crippen LogP contribution in [-0.4, -0.2) is 30.1 Å². The number of nitrogens with zero attached hydrogens (tertiary/aromatic N) is 2. The van der Waals surface area contributed by atoms with Crippen molar-refractivity contribution in [3.8, 4) is 11.5 Å². The van der Waals surface area contributed by atoms with Crippen LogP contribution in [0.4, 0.5) is 17.3 Å². The maximum Gasteiger partial charge on any atom is 0.274 e. The van der Waals surface area contributed by atoms with E-state index in [1.807, 2.05) is 38.1 Å². The first-order valence-corrected chi connectivity index (χ1v) is 8.71. The lowest BCUT2D eigenvalue weighted by Crippen LogP contribution is -2.15. The van der Waals surface area contributed by atoms with E-state index in [-0.39, 0.29) is 11.6 Å². The summed E-state index contributed by atoms with van der Waals surface area (Å²) < 4.78 is 10.5. The largest absolute Gasteiger partial charge is 0.493 e. The van der Waals surface area contributed by atoms with Gasteiger partial charge >= 0.3 is 0 Å². The average Bonchev–Trinajstić information content (AvgIpc) is 2.70. The molecule has 0 aliphatic heterocycles. The third-order valence-electron chi connectivity index (χ3n) is 4.17. The zero-order valence-electron chi connectivity index (χ0n) is 16.2. The number of amides is 1.